The molecule has 0 unspecified atom stereocenters. The van der Waals surface area contributed by atoms with Gasteiger partial charge in [0.05, 0.1) is 16.5 Å². The number of furan rings is 1. The number of para-hydroxylation sites is 1. The first-order chi connectivity index (χ1) is 13.9. The molecule has 3 aromatic rings. The average molecular weight is 455 g/mol. The van der Waals surface area contributed by atoms with Gasteiger partial charge in [0.2, 0.25) is 5.91 Å². The van der Waals surface area contributed by atoms with Gasteiger partial charge in [0.15, 0.2) is 0 Å². The fourth-order valence-corrected chi connectivity index (χ4v) is 3.74. The minimum absolute atomic E-state index is 0.0314. The van der Waals surface area contributed by atoms with Crippen LogP contribution < -0.4 is 10.2 Å². The summed E-state index contributed by atoms with van der Waals surface area (Å²) in [5, 5.41) is 2.87. The first-order valence-corrected chi connectivity index (χ1v) is 10.2. The normalized spacial score (nSPS) is 10.6. The first kappa shape index (κ1) is 20.9. The number of anilines is 2. The lowest BCUT2D eigenvalue weighted by Gasteiger charge is -2.21. The summed E-state index contributed by atoms with van der Waals surface area (Å²) in [6.07, 6.45) is 0.294. The summed E-state index contributed by atoms with van der Waals surface area (Å²) >= 11 is 3.40. The Balaban J connectivity index is 1.67. The van der Waals surface area contributed by atoms with E-state index >= 15 is 0 Å². The molecule has 0 aliphatic carbocycles. The summed E-state index contributed by atoms with van der Waals surface area (Å²) in [4.78, 5) is 27.0. The largest absolute Gasteiger partial charge is 0.465 e. The fourth-order valence-electron chi connectivity index (χ4n) is 3.20. The molecule has 0 spiro atoms. The number of carbonyl (C=O) groups excluding carboxylic acids is 2. The molecule has 3 rings (SSSR count). The zero-order valence-corrected chi connectivity index (χ0v) is 18.2. The molecule has 150 valence electrons. The molecule has 1 N–H and O–H groups in total. The second kappa shape index (κ2) is 9.09. The Morgan fingerprint density at radius 1 is 1.00 bits per heavy atom. The summed E-state index contributed by atoms with van der Waals surface area (Å²) in [5.74, 6) is 1.02. The number of hydrogen-bond donors (Lipinski definition) is 1. The molecule has 6 heteroatoms. The minimum Gasteiger partial charge on any atom is -0.465 e. The van der Waals surface area contributed by atoms with E-state index in [4.69, 9.17) is 4.42 Å². The van der Waals surface area contributed by atoms with Gasteiger partial charge >= 0.3 is 0 Å². The van der Waals surface area contributed by atoms with Crippen LogP contribution in [-0.2, 0) is 11.2 Å². The Kier molecular flexibility index (Phi) is 6.54. The van der Waals surface area contributed by atoms with Gasteiger partial charge in [-0.3, -0.25) is 9.59 Å². The van der Waals surface area contributed by atoms with Crippen molar-refractivity contribution in [3.05, 3.63) is 81.7 Å². The molecule has 29 heavy (non-hydrogen) atoms. The molecular weight excluding hydrogens is 432 g/mol. The van der Waals surface area contributed by atoms with Gasteiger partial charge in [-0.25, -0.2) is 0 Å². The van der Waals surface area contributed by atoms with Gasteiger partial charge in [0.1, 0.15) is 11.5 Å². The van der Waals surface area contributed by atoms with Crippen LogP contribution in [0.25, 0.3) is 0 Å². The van der Waals surface area contributed by atoms with E-state index in [0.29, 0.717) is 40.2 Å². The van der Waals surface area contributed by atoms with Crippen molar-refractivity contribution in [1.29, 1.82) is 0 Å². The summed E-state index contributed by atoms with van der Waals surface area (Å²) < 4.78 is 6.15. The molecule has 1 heterocycles. The summed E-state index contributed by atoms with van der Waals surface area (Å²) in [6, 6.07) is 16.9. The van der Waals surface area contributed by atoms with Gasteiger partial charge in [-0.05, 0) is 66.5 Å². The van der Waals surface area contributed by atoms with Crippen molar-refractivity contribution in [1.82, 2.24) is 0 Å². The van der Waals surface area contributed by atoms with Gasteiger partial charge in [0, 0.05) is 17.9 Å². The number of rotatable bonds is 6. The lowest BCUT2D eigenvalue weighted by Crippen LogP contribution is -2.31. The minimum atomic E-state index is -0.240. The zero-order valence-electron chi connectivity index (χ0n) is 16.7. The number of aryl methyl sites for hydroxylation is 2. The van der Waals surface area contributed by atoms with Crippen LogP contribution in [0.5, 0.6) is 0 Å². The Bertz CT molecular complexity index is 1010. The lowest BCUT2D eigenvalue weighted by atomic mass is 10.1. The van der Waals surface area contributed by atoms with Gasteiger partial charge < -0.3 is 14.6 Å². The van der Waals surface area contributed by atoms with Crippen LogP contribution in [0.3, 0.4) is 0 Å². The average Bonchev–Trinajstić information content (AvgIpc) is 2.96. The molecule has 0 saturated heterocycles. The number of nitrogens with one attached hydrogen (secondary N) is 1. The van der Waals surface area contributed by atoms with Gasteiger partial charge in [-0.1, -0.05) is 30.3 Å². The maximum absolute atomic E-state index is 12.7. The topological polar surface area (TPSA) is 62.6 Å². The van der Waals surface area contributed by atoms with E-state index in [1.54, 1.807) is 30.9 Å². The molecule has 0 fully saturated rings. The SMILES string of the molecule is CCN(C(=O)Cc1ccc(NC(=O)c2c(C)oc(C)c2Br)cc1)c1ccccc1. The van der Waals surface area contributed by atoms with E-state index in [1.165, 1.54) is 0 Å². The summed E-state index contributed by atoms with van der Waals surface area (Å²) in [5.41, 5.74) is 2.93. The second-order valence-electron chi connectivity index (χ2n) is 6.70. The molecule has 1 aromatic heterocycles. The molecule has 0 atom stereocenters. The second-order valence-corrected chi connectivity index (χ2v) is 7.50. The van der Waals surface area contributed by atoms with Crippen molar-refractivity contribution in [3.63, 3.8) is 0 Å². The van der Waals surface area contributed by atoms with Crippen LogP contribution in [0.1, 0.15) is 34.4 Å². The molecule has 0 aliphatic rings. The molecule has 2 aromatic carbocycles. The van der Waals surface area contributed by atoms with Crippen LogP contribution in [-0.4, -0.2) is 18.4 Å². The van der Waals surface area contributed by atoms with Gasteiger partial charge in [-0.15, -0.1) is 0 Å². The molecule has 2 amide bonds. The molecule has 0 bridgehead atoms. The van der Waals surface area contributed by atoms with Crippen molar-refractivity contribution < 1.29 is 14.0 Å². The monoisotopic (exact) mass is 454 g/mol. The maximum Gasteiger partial charge on any atom is 0.260 e. The standard InChI is InChI=1S/C23H23BrN2O3/c1-4-26(19-8-6-5-7-9-19)20(27)14-17-10-12-18(13-11-17)25-23(28)21-15(2)29-16(3)22(21)24/h5-13H,4,14H2,1-3H3,(H,25,28). The maximum atomic E-state index is 12.7. The van der Waals surface area contributed by atoms with Gasteiger partial charge in [0.25, 0.3) is 5.91 Å². The number of carbonyl (C=O) groups is 2. The quantitative estimate of drug-likeness (QED) is 0.534. The Labute approximate surface area is 178 Å². The highest BCUT2D eigenvalue weighted by atomic mass is 79.9. The third kappa shape index (κ3) is 4.77. The summed E-state index contributed by atoms with van der Waals surface area (Å²) in [6.45, 7) is 6.12. The van der Waals surface area contributed by atoms with Crippen molar-refractivity contribution >= 4 is 39.1 Å². The molecular formula is C23H23BrN2O3. The van der Waals surface area contributed by atoms with Crippen LogP contribution >= 0.6 is 15.9 Å². The number of likely N-dealkylation sites (N-methyl/N-ethyl adjacent to an activating group) is 1. The van der Waals surface area contributed by atoms with Crippen LogP contribution in [0.15, 0.2) is 63.5 Å². The van der Waals surface area contributed by atoms with Gasteiger partial charge in [-0.2, -0.15) is 0 Å². The smallest absolute Gasteiger partial charge is 0.260 e. The lowest BCUT2D eigenvalue weighted by molar-refractivity contribution is -0.117. The van der Waals surface area contributed by atoms with Crippen molar-refractivity contribution in [2.75, 3.05) is 16.8 Å². The van der Waals surface area contributed by atoms with Crippen molar-refractivity contribution in [2.24, 2.45) is 0 Å². The van der Waals surface area contributed by atoms with Crippen molar-refractivity contribution in [3.8, 4) is 0 Å². The highest BCUT2D eigenvalue weighted by Crippen LogP contribution is 2.28. The van der Waals surface area contributed by atoms with E-state index in [2.05, 4.69) is 21.2 Å². The highest BCUT2D eigenvalue weighted by Gasteiger charge is 2.20. The van der Waals surface area contributed by atoms with E-state index in [0.717, 1.165) is 11.3 Å². The number of benzene rings is 2. The molecule has 0 saturated carbocycles. The predicted molar refractivity (Wildman–Crippen MR) is 118 cm³/mol. The Morgan fingerprint density at radius 3 is 2.21 bits per heavy atom. The Morgan fingerprint density at radius 2 is 1.66 bits per heavy atom. The number of amides is 2. The third-order valence-electron chi connectivity index (χ3n) is 4.67. The van der Waals surface area contributed by atoms with Crippen LogP contribution in [0.4, 0.5) is 11.4 Å². The van der Waals surface area contributed by atoms with Crippen LogP contribution in [0.2, 0.25) is 0 Å². The zero-order chi connectivity index (χ0) is 21.0. The highest BCUT2D eigenvalue weighted by molar-refractivity contribution is 9.10. The molecule has 5 nitrogen and oxygen atoms in total. The first-order valence-electron chi connectivity index (χ1n) is 9.42. The van der Waals surface area contributed by atoms with E-state index in [-0.39, 0.29) is 11.8 Å². The van der Waals surface area contributed by atoms with Crippen molar-refractivity contribution in [2.45, 2.75) is 27.2 Å². The summed E-state index contributed by atoms with van der Waals surface area (Å²) in [7, 11) is 0. The van der Waals surface area contributed by atoms with Crippen LogP contribution in [0, 0.1) is 13.8 Å². The van der Waals surface area contributed by atoms with E-state index in [9.17, 15) is 9.59 Å². The third-order valence-corrected chi connectivity index (χ3v) is 5.62. The number of nitrogens with zero attached hydrogens (tertiary/aromatic N) is 1. The molecule has 0 aliphatic heterocycles. The fraction of sp³-hybridized carbons (Fsp3) is 0.217. The number of hydrogen-bond acceptors (Lipinski definition) is 3. The van der Waals surface area contributed by atoms with E-state index < -0.39 is 0 Å². The predicted octanol–water partition coefficient (Wildman–Crippen LogP) is 5.51. The Hall–Kier alpha value is -2.86. The number of halogens is 1. The molecule has 0 radical (unpaired) electrons. The van der Waals surface area contributed by atoms with E-state index in [1.807, 2.05) is 49.4 Å².